The largest absolute Gasteiger partial charge is 0.481 e. The molecule has 0 aromatic heterocycles. The predicted molar refractivity (Wildman–Crippen MR) is 88.8 cm³/mol. The smallest absolute Gasteiger partial charge is 0.306 e. The van der Waals surface area contributed by atoms with Gasteiger partial charge in [-0.1, -0.05) is 0 Å². The van der Waals surface area contributed by atoms with Crippen molar-refractivity contribution in [2.45, 2.75) is 32.1 Å². The van der Waals surface area contributed by atoms with Crippen LogP contribution in [0.4, 0.5) is 5.69 Å². The first-order valence-electron chi connectivity index (χ1n) is 8.52. The lowest BCUT2D eigenvalue weighted by molar-refractivity contribution is -0.143. The zero-order valence-corrected chi connectivity index (χ0v) is 13.4. The van der Waals surface area contributed by atoms with Gasteiger partial charge in [-0.3, -0.25) is 9.59 Å². The van der Waals surface area contributed by atoms with E-state index in [1.54, 1.807) is 4.90 Å². The van der Waals surface area contributed by atoms with Crippen LogP contribution in [0.2, 0.25) is 0 Å². The number of rotatable bonds is 3. The zero-order valence-electron chi connectivity index (χ0n) is 13.4. The molecular weight excluding hydrogens is 292 g/mol. The number of carboxylic acid groups (broad SMARTS) is 1. The maximum atomic E-state index is 12.5. The fraction of sp³-hybridized carbons (Fsp3) is 0.556. The van der Waals surface area contributed by atoms with Gasteiger partial charge in [-0.25, -0.2) is 0 Å². The van der Waals surface area contributed by atoms with Crippen LogP contribution in [-0.4, -0.2) is 48.1 Å². The minimum Gasteiger partial charge on any atom is -0.481 e. The lowest BCUT2D eigenvalue weighted by atomic mass is 9.96. The Balaban J connectivity index is 1.60. The van der Waals surface area contributed by atoms with Gasteiger partial charge in [0.15, 0.2) is 0 Å². The molecule has 0 spiro atoms. The summed E-state index contributed by atoms with van der Waals surface area (Å²) in [6, 6.07) is 7.86. The molecule has 0 radical (unpaired) electrons. The van der Waals surface area contributed by atoms with E-state index in [0.29, 0.717) is 31.5 Å². The van der Waals surface area contributed by atoms with E-state index in [1.807, 2.05) is 24.3 Å². The van der Waals surface area contributed by atoms with Gasteiger partial charge in [0.25, 0.3) is 5.91 Å². The number of piperidine rings is 2. The lowest BCUT2D eigenvalue weighted by Crippen LogP contribution is -2.40. The third-order valence-electron chi connectivity index (χ3n) is 4.97. The highest BCUT2D eigenvalue weighted by Crippen LogP contribution is 2.22. The van der Waals surface area contributed by atoms with E-state index >= 15 is 0 Å². The maximum Gasteiger partial charge on any atom is 0.306 e. The molecule has 1 amide bonds. The van der Waals surface area contributed by atoms with E-state index in [1.165, 1.54) is 24.9 Å². The topological polar surface area (TPSA) is 60.9 Å². The Bertz CT molecular complexity index is 556. The molecule has 0 atom stereocenters. The number of anilines is 1. The Morgan fingerprint density at radius 2 is 1.52 bits per heavy atom. The van der Waals surface area contributed by atoms with Crippen LogP contribution in [0, 0.1) is 5.92 Å². The van der Waals surface area contributed by atoms with Gasteiger partial charge in [-0.2, -0.15) is 0 Å². The van der Waals surface area contributed by atoms with Gasteiger partial charge in [0.1, 0.15) is 0 Å². The van der Waals surface area contributed by atoms with E-state index in [4.69, 9.17) is 5.11 Å². The summed E-state index contributed by atoms with van der Waals surface area (Å²) in [7, 11) is 0. The van der Waals surface area contributed by atoms with E-state index in [2.05, 4.69) is 4.90 Å². The fourth-order valence-electron chi connectivity index (χ4n) is 3.48. The molecule has 1 aromatic carbocycles. The molecule has 124 valence electrons. The standard InChI is InChI=1S/C18H24N2O3/c21-17(20-12-8-15(9-13-20)18(22)23)14-4-6-16(7-5-14)19-10-2-1-3-11-19/h4-7,15H,1-3,8-13H2,(H,22,23). The second-order valence-corrected chi connectivity index (χ2v) is 6.50. The Kier molecular flexibility index (Phi) is 4.84. The number of hydrogen-bond acceptors (Lipinski definition) is 3. The quantitative estimate of drug-likeness (QED) is 0.931. The van der Waals surface area contributed by atoms with E-state index in [-0.39, 0.29) is 11.8 Å². The molecular formula is C18H24N2O3. The van der Waals surface area contributed by atoms with Crippen LogP contribution in [0.3, 0.4) is 0 Å². The Labute approximate surface area is 136 Å². The average molecular weight is 316 g/mol. The van der Waals surface area contributed by atoms with Crippen molar-refractivity contribution in [3.05, 3.63) is 29.8 Å². The van der Waals surface area contributed by atoms with Gasteiger partial charge in [-0.05, 0) is 56.4 Å². The minimum atomic E-state index is -0.747. The molecule has 0 aliphatic carbocycles. The molecule has 2 aliphatic heterocycles. The minimum absolute atomic E-state index is 0.0130. The number of carbonyl (C=O) groups is 2. The molecule has 5 heteroatoms. The number of benzene rings is 1. The van der Waals surface area contributed by atoms with Crippen LogP contribution < -0.4 is 4.90 Å². The molecule has 0 bridgehead atoms. The summed E-state index contributed by atoms with van der Waals surface area (Å²) in [5.41, 5.74) is 1.88. The molecule has 2 heterocycles. The Hall–Kier alpha value is -2.04. The number of likely N-dealkylation sites (tertiary alicyclic amines) is 1. The van der Waals surface area contributed by atoms with Gasteiger partial charge in [0, 0.05) is 37.4 Å². The molecule has 23 heavy (non-hydrogen) atoms. The van der Waals surface area contributed by atoms with Crippen LogP contribution in [0.5, 0.6) is 0 Å². The first-order chi connectivity index (χ1) is 11.1. The van der Waals surface area contributed by atoms with Gasteiger partial charge in [0.2, 0.25) is 0 Å². The van der Waals surface area contributed by atoms with Crippen molar-refractivity contribution >= 4 is 17.6 Å². The lowest BCUT2D eigenvalue weighted by Gasteiger charge is -2.31. The summed E-state index contributed by atoms with van der Waals surface area (Å²) in [5, 5.41) is 9.03. The number of nitrogens with zero attached hydrogens (tertiary/aromatic N) is 2. The summed E-state index contributed by atoms with van der Waals surface area (Å²) < 4.78 is 0. The highest BCUT2D eigenvalue weighted by atomic mass is 16.4. The Morgan fingerprint density at radius 1 is 0.913 bits per heavy atom. The molecule has 5 nitrogen and oxygen atoms in total. The van der Waals surface area contributed by atoms with Crippen molar-refractivity contribution in [3.8, 4) is 0 Å². The monoisotopic (exact) mass is 316 g/mol. The van der Waals surface area contributed by atoms with Crippen LogP contribution in [-0.2, 0) is 4.79 Å². The van der Waals surface area contributed by atoms with Crippen LogP contribution in [0.1, 0.15) is 42.5 Å². The normalized spacial score (nSPS) is 19.7. The molecule has 0 unspecified atom stereocenters. The molecule has 0 saturated carbocycles. The average Bonchev–Trinajstić information content (AvgIpc) is 2.62. The van der Waals surface area contributed by atoms with Gasteiger partial charge >= 0.3 is 5.97 Å². The number of hydrogen-bond donors (Lipinski definition) is 1. The summed E-state index contributed by atoms with van der Waals surface area (Å²) in [4.78, 5) is 27.7. The summed E-state index contributed by atoms with van der Waals surface area (Å²) in [5.74, 6) is -1.04. The second kappa shape index (κ2) is 7.02. The van der Waals surface area contributed by atoms with Crippen LogP contribution in [0.25, 0.3) is 0 Å². The molecule has 2 saturated heterocycles. The Morgan fingerprint density at radius 3 is 2.09 bits per heavy atom. The van der Waals surface area contributed by atoms with Crippen LogP contribution in [0.15, 0.2) is 24.3 Å². The summed E-state index contributed by atoms with van der Waals surface area (Å²) in [6.45, 7) is 3.25. The number of aliphatic carboxylic acids is 1. The van der Waals surface area contributed by atoms with Crippen molar-refractivity contribution in [1.29, 1.82) is 0 Å². The van der Waals surface area contributed by atoms with Gasteiger partial charge in [0.05, 0.1) is 5.92 Å². The fourth-order valence-corrected chi connectivity index (χ4v) is 3.48. The SMILES string of the molecule is O=C(O)C1CCN(C(=O)c2ccc(N3CCCCC3)cc2)CC1. The molecule has 1 N–H and O–H groups in total. The number of amides is 1. The number of carbonyl (C=O) groups excluding carboxylic acids is 1. The molecule has 3 rings (SSSR count). The van der Waals surface area contributed by atoms with Crippen molar-refractivity contribution in [1.82, 2.24) is 4.90 Å². The van der Waals surface area contributed by atoms with Crippen molar-refractivity contribution in [3.63, 3.8) is 0 Å². The summed E-state index contributed by atoms with van der Waals surface area (Å²) >= 11 is 0. The summed E-state index contributed by atoms with van der Waals surface area (Å²) in [6.07, 6.45) is 4.87. The van der Waals surface area contributed by atoms with Crippen molar-refractivity contribution < 1.29 is 14.7 Å². The third-order valence-corrected chi connectivity index (χ3v) is 4.97. The highest BCUT2D eigenvalue weighted by Gasteiger charge is 2.27. The highest BCUT2D eigenvalue weighted by molar-refractivity contribution is 5.94. The van der Waals surface area contributed by atoms with Crippen LogP contribution >= 0.6 is 0 Å². The first kappa shape index (κ1) is 15.8. The zero-order chi connectivity index (χ0) is 16.2. The second-order valence-electron chi connectivity index (χ2n) is 6.50. The van der Waals surface area contributed by atoms with E-state index in [9.17, 15) is 9.59 Å². The molecule has 1 aromatic rings. The van der Waals surface area contributed by atoms with E-state index < -0.39 is 5.97 Å². The van der Waals surface area contributed by atoms with Crippen molar-refractivity contribution in [2.24, 2.45) is 5.92 Å². The first-order valence-corrected chi connectivity index (χ1v) is 8.52. The maximum absolute atomic E-state index is 12.5. The van der Waals surface area contributed by atoms with E-state index in [0.717, 1.165) is 13.1 Å². The van der Waals surface area contributed by atoms with Gasteiger partial charge in [-0.15, -0.1) is 0 Å². The molecule has 2 aliphatic rings. The number of carboxylic acids is 1. The molecule has 2 fully saturated rings. The van der Waals surface area contributed by atoms with Gasteiger partial charge < -0.3 is 14.9 Å². The predicted octanol–water partition coefficient (Wildman–Crippen LogP) is 2.61. The van der Waals surface area contributed by atoms with Crippen molar-refractivity contribution in [2.75, 3.05) is 31.1 Å². The third kappa shape index (κ3) is 3.66.